The van der Waals surface area contributed by atoms with Crippen molar-refractivity contribution < 1.29 is 9.59 Å². The minimum absolute atomic E-state index is 0.0190. The number of carbonyl (C=O) groups excluding carboxylic acids is 2. The first-order chi connectivity index (χ1) is 11.6. The van der Waals surface area contributed by atoms with E-state index >= 15 is 0 Å². The maximum absolute atomic E-state index is 13.2. The van der Waals surface area contributed by atoms with Crippen LogP contribution in [0.2, 0.25) is 0 Å². The maximum atomic E-state index is 13.2. The molecule has 0 saturated carbocycles. The van der Waals surface area contributed by atoms with Crippen LogP contribution in [0.1, 0.15) is 45.3 Å². The molecule has 3 rings (SSSR count). The van der Waals surface area contributed by atoms with E-state index in [4.69, 9.17) is 0 Å². The molecule has 0 radical (unpaired) electrons. The van der Waals surface area contributed by atoms with Gasteiger partial charge in [0.2, 0.25) is 5.91 Å². The smallest absolute Gasteiger partial charge is 0.266 e. The number of thiazole rings is 1. The van der Waals surface area contributed by atoms with E-state index in [0.29, 0.717) is 18.0 Å². The molecule has 1 atom stereocenters. The molecule has 24 heavy (non-hydrogen) atoms. The zero-order valence-electron chi connectivity index (χ0n) is 13.9. The van der Waals surface area contributed by atoms with E-state index in [9.17, 15) is 9.59 Å². The maximum Gasteiger partial charge on any atom is 0.266 e. The molecule has 1 aromatic heterocycles. The van der Waals surface area contributed by atoms with E-state index in [2.05, 4.69) is 10.3 Å². The van der Waals surface area contributed by atoms with Crippen LogP contribution in [0, 0.1) is 6.92 Å². The number of carbonyl (C=O) groups is 2. The molecule has 5 nitrogen and oxygen atoms in total. The number of rotatable bonds is 3. The van der Waals surface area contributed by atoms with Crippen molar-refractivity contribution >= 4 is 23.2 Å². The van der Waals surface area contributed by atoms with Crippen molar-refractivity contribution in [1.29, 1.82) is 0 Å². The van der Waals surface area contributed by atoms with Gasteiger partial charge < -0.3 is 10.2 Å². The van der Waals surface area contributed by atoms with Gasteiger partial charge in [-0.3, -0.25) is 9.59 Å². The largest absolute Gasteiger partial charge is 0.354 e. The lowest BCUT2D eigenvalue weighted by Crippen LogP contribution is -2.36. The van der Waals surface area contributed by atoms with Gasteiger partial charge in [-0.15, -0.1) is 11.3 Å². The Labute approximate surface area is 145 Å². The van der Waals surface area contributed by atoms with Crippen molar-refractivity contribution in [1.82, 2.24) is 15.2 Å². The second-order valence-corrected chi connectivity index (χ2v) is 6.94. The van der Waals surface area contributed by atoms with Gasteiger partial charge in [0.1, 0.15) is 4.88 Å². The van der Waals surface area contributed by atoms with Crippen molar-refractivity contribution in [3.63, 3.8) is 0 Å². The van der Waals surface area contributed by atoms with Gasteiger partial charge in [-0.25, -0.2) is 4.98 Å². The number of amides is 2. The Morgan fingerprint density at radius 2 is 2.12 bits per heavy atom. The Kier molecular flexibility index (Phi) is 4.94. The summed E-state index contributed by atoms with van der Waals surface area (Å²) in [6.07, 6.45) is 1.11. The van der Waals surface area contributed by atoms with E-state index < -0.39 is 0 Å². The topological polar surface area (TPSA) is 62.3 Å². The minimum atomic E-state index is -0.243. The van der Waals surface area contributed by atoms with Crippen LogP contribution in [-0.4, -0.2) is 34.8 Å². The van der Waals surface area contributed by atoms with Gasteiger partial charge in [0.25, 0.3) is 5.91 Å². The highest BCUT2D eigenvalue weighted by atomic mass is 32.1. The number of aromatic nitrogens is 1. The third kappa shape index (κ3) is 3.33. The van der Waals surface area contributed by atoms with Gasteiger partial charge in [0.15, 0.2) is 0 Å². The normalized spacial score (nSPS) is 18.2. The minimum Gasteiger partial charge on any atom is -0.354 e. The van der Waals surface area contributed by atoms with Crippen LogP contribution in [0.15, 0.2) is 30.3 Å². The average Bonchev–Trinajstić information content (AvgIpc) is 2.86. The van der Waals surface area contributed by atoms with Crippen LogP contribution < -0.4 is 5.32 Å². The summed E-state index contributed by atoms with van der Waals surface area (Å²) < 4.78 is 0. The fourth-order valence-electron chi connectivity index (χ4n) is 2.98. The Morgan fingerprint density at radius 1 is 1.38 bits per heavy atom. The van der Waals surface area contributed by atoms with E-state index in [0.717, 1.165) is 22.7 Å². The van der Waals surface area contributed by atoms with E-state index in [1.165, 1.54) is 11.3 Å². The van der Waals surface area contributed by atoms with Gasteiger partial charge in [-0.05, 0) is 18.9 Å². The monoisotopic (exact) mass is 343 g/mol. The predicted molar refractivity (Wildman–Crippen MR) is 94.1 cm³/mol. The summed E-state index contributed by atoms with van der Waals surface area (Å²) in [6.45, 7) is 4.89. The molecular weight excluding hydrogens is 322 g/mol. The number of hydrogen-bond donors (Lipinski definition) is 1. The van der Waals surface area contributed by atoms with E-state index in [-0.39, 0.29) is 24.3 Å². The lowest BCUT2D eigenvalue weighted by atomic mass is 10.0. The van der Waals surface area contributed by atoms with Gasteiger partial charge >= 0.3 is 0 Å². The Bertz CT molecular complexity index is 742. The van der Waals surface area contributed by atoms with Crippen LogP contribution >= 0.6 is 11.3 Å². The van der Waals surface area contributed by atoms with Crippen molar-refractivity contribution in [2.75, 3.05) is 13.1 Å². The molecule has 2 heterocycles. The average molecular weight is 343 g/mol. The molecule has 0 spiro atoms. The summed E-state index contributed by atoms with van der Waals surface area (Å²) in [5, 5.41) is 3.84. The second kappa shape index (κ2) is 7.13. The third-order valence-electron chi connectivity index (χ3n) is 4.21. The number of nitrogens with zero attached hydrogens (tertiary/aromatic N) is 2. The molecule has 0 aliphatic carbocycles. The highest BCUT2D eigenvalue weighted by molar-refractivity contribution is 7.13. The number of hydrogen-bond acceptors (Lipinski definition) is 4. The van der Waals surface area contributed by atoms with E-state index in [1.807, 2.05) is 49.1 Å². The molecule has 126 valence electrons. The molecule has 2 amide bonds. The lowest BCUT2D eigenvalue weighted by molar-refractivity contribution is -0.121. The summed E-state index contributed by atoms with van der Waals surface area (Å²) in [6, 6.07) is 9.52. The fourth-order valence-corrected chi connectivity index (χ4v) is 3.94. The lowest BCUT2D eigenvalue weighted by Gasteiger charge is -2.29. The molecule has 1 saturated heterocycles. The SMILES string of the molecule is CCc1nc(C)c(C(=O)N2CCNC(=O)CC2c2ccccc2)s1. The van der Waals surface area contributed by atoms with Crippen molar-refractivity contribution in [3.8, 4) is 0 Å². The van der Waals surface area contributed by atoms with Crippen LogP contribution in [0.25, 0.3) is 0 Å². The van der Waals surface area contributed by atoms with Crippen LogP contribution in [0.5, 0.6) is 0 Å². The summed E-state index contributed by atoms with van der Waals surface area (Å²) in [7, 11) is 0. The van der Waals surface area contributed by atoms with E-state index in [1.54, 1.807) is 0 Å². The fraction of sp³-hybridized carbons (Fsp3) is 0.389. The standard InChI is InChI=1S/C18H21N3O2S/c1-3-16-20-12(2)17(24-16)18(23)21-10-9-19-15(22)11-14(21)13-7-5-4-6-8-13/h4-8,14H,3,9-11H2,1-2H3,(H,19,22). The quantitative estimate of drug-likeness (QED) is 0.932. The summed E-state index contributed by atoms with van der Waals surface area (Å²) >= 11 is 1.46. The predicted octanol–water partition coefficient (Wildman–Crippen LogP) is 2.72. The van der Waals surface area contributed by atoms with Gasteiger partial charge in [0, 0.05) is 13.1 Å². The first-order valence-corrected chi connectivity index (χ1v) is 9.00. The third-order valence-corrected chi connectivity index (χ3v) is 5.50. The highest BCUT2D eigenvalue weighted by Gasteiger charge is 2.32. The highest BCUT2D eigenvalue weighted by Crippen LogP contribution is 2.29. The molecule has 1 N–H and O–H groups in total. The number of nitrogens with one attached hydrogen (secondary N) is 1. The zero-order chi connectivity index (χ0) is 17.1. The van der Waals surface area contributed by atoms with Crippen LogP contribution in [0.3, 0.4) is 0 Å². The molecule has 1 unspecified atom stereocenters. The molecule has 2 aromatic rings. The van der Waals surface area contributed by atoms with Crippen LogP contribution in [0.4, 0.5) is 0 Å². The Morgan fingerprint density at radius 3 is 2.79 bits per heavy atom. The number of aryl methyl sites for hydroxylation is 2. The summed E-state index contributed by atoms with van der Waals surface area (Å²) in [4.78, 5) is 32.1. The molecule has 1 aliphatic heterocycles. The summed E-state index contributed by atoms with van der Waals surface area (Å²) in [5.41, 5.74) is 1.76. The molecule has 6 heteroatoms. The van der Waals surface area contributed by atoms with Gasteiger partial charge in [-0.1, -0.05) is 37.3 Å². The van der Waals surface area contributed by atoms with Crippen LogP contribution in [-0.2, 0) is 11.2 Å². The van der Waals surface area contributed by atoms with Crippen molar-refractivity contribution in [2.45, 2.75) is 32.7 Å². The van der Waals surface area contributed by atoms with Gasteiger partial charge in [-0.2, -0.15) is 0 Å². The number of benzene rings is 1. The molecule has 1 aromatic carbocycles. The molecule has 1 fully saturated rings. The Balaban J connectivity index is 1.96. The van der Waals surface area contributed by atoms with Crippen molar-refractivity contribution in [2.24, 2.45) is 0 Å². The Hall–Kier alpha value is -2.21. The second-order valence-electron chi connectivity index (χ2n) is 5.85. The molecule has 0 bridgehead atoms. The zero-order valence-corrected chi connectivity index (χ0v) is 14.7. The first kappa shape index (κ1) is 16.6. The van der Waals surface area contributed by atoms with Gasteiger partial charge in [0.05, 0.1) is 23.2 Å². The summed E-state index contributed by atoms with van der Waals surface area (Å²) in [5.74, 6) is -0.0514. The molecular formula is C18H21N3O2S. The van der Waals surface area contributed by atoms with Crippen molar-refractivity contribution in [3.05, 3.63) is 51.5 Å². The first-order valence-electron chi connectivity index (χ1n) is 8.19. The molecule has 1 aliphatic rings.